The number of piperidine rings is 1. The fraction of sp³-hybridized carbons (Fsp3) is 0.417. The summed E-state index contributed by atoms with van der Waals surface area (Å²) in [6.07, 6.45) is 0.517. The fourth-order valence-electron chi connectivity index (χ4n) is 3.88. The molecule has 9 heteroatoms. The Bertz CT molecular complexity index is 1040. The van der Waals surface area contributed by atoms with Gasteiger partial charge in [-0.15, -0.1) is 0 Å². The zero-order valence-corrected chi connectivity index (χ0v) is 19.1. The van der Waals surface area contributed by atoms with Gasteiger partial charge in [-0.05, 0) is 55.1 Å². The third kappa shape index (κ3) is 7.66. The van der Waals surface area contributed by atoms with Crippen LogP contribution in [0.5, 0.6) is 5.75 Å². The highest BCUT2D eigenvalue weighted by molar-refractivity contribution is 7.91. The second-order valence-corrected chi connectivity index (χ2v) is 10.4. The van der Waals surface area contributed by atoms with Crippen LogP contribution in [0.4, 0.5) is 0 Å². The topological polar surface area (TPSA) is 121 Å². The molecule has 2 N–H and O–H groups in total. The predicted molar refractivity (Wildman–Crippen MR) is 122 cm³/mol. The van der Waals surface area contributed by atoms with E-state index in [1.54, 1.807) is 0 Å². The average molecular weight is 476 g/mol. The first-order valence-electron chi connectivity index (χ1n) is 10.9. The maximum Gasteiger partial charge on any atom is 0.311 e. The van der Waals surface area contributed by atoms with E-state index >= 15 is 0 Å². The van der Waals surface area contributed by atoms with E-state index in [0.29, 0.717) is 13.1 Å². The highest BCUT2D eigenvalue weighted by atomic mass is 32.2. The van der Waals surface area contributed by atoms with E-state index in [4.69, 9.17) is 9.84 Å². The van der Waals surface area contributed by atoms with Crippen LogP contribution in [0.25, 0.3) is 0 Å². The molecule has 0 spiro atoms. The molecule has 2 aromatic rings. The Labute approximate surface area is 193 Å². The molecule has 2 atom stereocenters. The molecule has 0 bridgehead atoms. The normalized spacial score (nSPS) is 19.2. The number of sulfone groups is 1. The summed E-state index contributed by atoms with van der Waals surface area (Å²) in [5.41, 5.74) is 1.19. The molecule has 1 aliphatic rings. The molecular formula is C24H29NO7S. The Balaban J connectivity index is 1.48. The summed E-state index contributed by atoms with van der Waals surface area (Å²) in [6.45, 7) is 1.50. The largest absolute Gasteiger partial charge is 0.481 e. The van der Waals surface area contributed by atoms with Crippen LogP contribution in [0, 0.1) is 5.92 Å². The van der Waals surface area contributed by atoms with Crippen molar-refractivity contribution in [1.29, 1.82) is 0 Å². The molecule has 33 heavy (non-hydrogen) atoms. The average Bonchev–Trinajstić information content (AvgIpc) is 2.79. The Morgan fingerprint density at radius 3 is 2.36 bits per heavy atom. The molecule has 1 heterocycles. The van der Waals surface area contributed by atoms with Crippen LogP contribution in [-0.4, -0.2) is 67.0 Å². The number of carboxylic acid groups (broad SMARTS) is 1. The number of β-amino-alcohol motifs (C(OH)–C–C–N with tert-alkyl or cyclic N) is 1. The first-order chi connectivity index (χ1) is 15.7. The molecule has 2 aromatic carbocycles. The standard InChI is InChI=1S/C24H29NO7S/c26-22-17-25(13-12-19(22)16-18-4-2-1-3-5-18)14-15-33(30,31)21-8-6-20(7-9-21)32-24(29)11-10-23(27)28/h1-9,19,22,26H,10-17H2,(H,27,28)/t19-,22-/m1/s1. The minimum atomic E-state index is -3.55. The summed E-state index contributed by atoms with van der Waals surface area (Å²) in [5.74, 6) is -1.55. The number of ether oxygens (including phenoxy) is 1. The molecule has 3 rings (SSSR count). The zero-order valence-electron chi connectivity index (χ0n) is 18.3. The molecule has 0 radical (unpaired) electrons. The number of hydrogen-bond acceptors (Lipinski definition) is 7. The first kappa shape index (κ1) is 24.9. The van der Waals surface area contributed by atoms with Gasteiger partial charge >= 0.3 is 11.9 Å². The van der Waals surface area contributed by atoms with Gasteiger partial charge < -0.3 is 14.9 Å². The van der Waals surface area contributed by atoms with Crippen LogP contribution in [-0.2, 0) is 25.8 Å². The minimum Gasteiger partial charge on any atom is -0.481 e. The molecule has 1 aliphatic heterocycles. The molecule has 1 fully saturated rings. The summed E-state index contributed by atoms with van der Waals surface area (Å²) < 4.78 is 30.4. The van der Waals surface area contributed by atoms with Crippen molar-refractivity contribution in [2.45, 2.75) is 36.7 Å². The molecule has 0 aromatic heterocycles. The van der Waals surface area contributed by atoms with E-state index in [9.17, 15) is 23.1 Å². The van der Waals surface area contributed by atoms with Crippen molar-refractivity contribution in [2.75, 3.05) is 25.4 Å². The van der Waals surface area contributed by atoms with Gasteiger partial charge in [-0.25, -0.2) is 8.42 Å². The number of likely N-dealkylation sites (tertiary alicyclic amines) is 1. The highest BCUT2D eigenvalue weighted by Gasteiger charge is 2.28. The van der Waals surface area contributed by atoms with Crippen molar-refractivity contribution in [3.63, 3.8) is 0 Å². The maximum absolute atomic E-state index is 12.7. The molecule has 0 amide bonds. The number of carbonyl (C=O) groups excluding carboxylic acids is 1. The first-order valence-corrected chi connectivity index (χ1v) is 12.6. The predicted octanol–water partition coefficient (Wildman–Crippen LogP) is 2.16. The lowest BCUT2D eigenvalue weighted by atomic mass is 9.88. The van der Waals surface area contributed by atoms with Gasteiger partial charge in [0.15, 0.2) is 9.84 Å². The summed E-state index contributed by atoms with van der Waals surface area (Å²) in [7, 11) is -3.55. The van der Waals surface area contributed by atoms with Crippen LogP contribution in [0.1, 0.15) is 24.8 Å². The number of benzene rings is 2. The summed E-state index contributed by atoms with van der Waals surface area (Å²) in [4.78, 5) is 24.2. The van der Waals surface area contributed by atoms with Gasteiger partial charge in [-0.1, -0.05) is 30.3 Å². The van der Waals surface area contributed by atoms with Gasteiger partial charge in [0.25, 0.3) is 0 Å². The number of nitrogens with zero attached hydrogens (tertiary/aromatic N) is 1. The number of rotatable bonds is 10. The number of aliphatic carboxylic acids is 1. The lowest BCUT2D eigenvalue weighted by molar-refractivity contribution is -0.142. The number of carboxylic acids is 1. The number of esters is 1. The lowest BCUT2D eigenvalue weighted by Crippen LogP contribution is -2.46. The smallest absolute Gasteiger partial charge is 0.311 e. The third-order valence-corrected chi connectivity index (χ3v) is 7.49. The van der Waals surface area contributed by atoms with Crippen LogP contribution >= 0.6 is 0 Å². The highest BCUT2D eigenvalue weighted by Crippen LogP contribution is 2.23. The van der Waals surface area contributed by atoms with Crippen LogP contribution < -0.4 is 4.74 Å². The van der Waals surface area contributed by atoms with Crippen molar-refractivity contribution in [2.24, 2.45) is 5.92 Å². The Hall–Kier alpha value is -2.75. The summed E-state index contributed by atoms with van der Waals surface area (Å²) in [6, 6.07) is 15.5. The number of carbonyl (C=O) groups is 2. The number of aliphatic hydroxyl groups excluding tert-OH is 1. The second-order valence-electron chi connectivity index (χ2n) is 8.26. The van der Waals surface area contributed by atoms with Crippen molar-refractivity contribution < 1.29 is 33.0 Å². The van der Waals surface area contributed by atoms with Gasteiger partial charge in [0.1, 0.15) is 5.75 Å². The molecule has 0 aliphatic carbocycles. The molecule has 178 valence electrons. The van der Waals surface area contributed by atoms with Gasteiger partial charge in [0.2, 0.25) is 0 Å². The van der Waals surface area contributed by atoms with E-state index in [2.05, 4.69) is 0 Å². The van der Waals surface area contributed by atoms with E-state index in [1.807, 2.05) is 35.2 Å². The van der Waals surface area contributed by atoms with E-state index in [0.717, 1.165) is 19.4 Å². The third-order valence-electron chi connectivity index (χ3n) is 5.78. The summed E-state index contributed by atoms with van der Waals surface area (Å²) >= 11 is 0. The molecular weight excluding hydrogens is 446 g/mol. The second kappa shape index (κ2) is 11.4. The fourth-order valence-corrected chi connectivity index (χ4v) is 5.16. The van der Waals surface area contributed by atoms with Crippen LogP contribution in [0.3, 0.4) is 0 Å². The maximum atomic E-state index is 12.7. The Morgan fingerprint density at radius 1 is 1.03 bits per heavy atom. The lowest BCUT2D eigenvalue weighted by Gasteiger charge is -2.36. The molecule has 0 saturated carbocycles. The molecule has 1 saturated heterocycles. The van der Waals surface area contributed by atoms with E-state index in [-0.39, 0.29) is 35.2 Å². The monoisotopic (exact) mass is 475 g/mol. The Kier molecular flexibility index (Phi) is 8.60. The Morgan fingerprint density at radius 2 is 1.73 bits per heavy atom. The van der Waals surface area contributed by atoms with Gasteiger partial charge in [0.05, 0.1) is 29.6 Å². The van der Waals surface area contributed by atoms with Crippen molar-refractivity contribution in [3.8, 4) is 5.75 Å². The number of aliphatic hydroxyl groups is 1. The van der Waals surface area contributed by atoms with E-state index in [1.165, 1.54) is 29.8 Å². The minimum absolute atomic E-state index is 0.0825. The van der Waals surface area contributed by atoms with Crippen molar-refractivity contribution in [3.05, 3.63) is 60.2 Å². The zero-order chi connectivity index (χ0) is 23.8. The SMILES string of the molecule is O=C(O)CCC(=O)Oc1ccc(S(=O)(=O)CCN2CC[C@H](Cc3ccccc3)[C@H](O)C2)cc1. The van der Waals surface area contributed by atoms with Crippen LogP contribution in [0.2, 0.25) is 0 Å². The number of hydrogen-bond donors (Lipinski definition) is 2. The van der Waals surface area contributed by atoms with Gasteiger partial charge in [-0.3, -0.25) is 14.5 Å². The summed E-state index contributed by atoms with van der Waals surface area (Å²) in [5, 5.41) is 19.1. The van der Waals surface area contributed by atoms with E-state index < -0.39 is 27.9 Å². The van der Waals surface area contributed by atoms with Crippen molar-refractivity contribution in [1.82, 2.24) is 4.90 Å². The molecule has 0 unspecified atom stereocenters. The van der Waals surface area contributed by atoms with Gasteiger partial charge in [-0.2, -0.15) is 0 Å². The van der Waals surface area contributed by atoms with Gasteiger partial charge in [0, 0.05) is 13.1 Å². The van der Waals surface area contributed by atoms with Crippen LogP contribution in [0.15, 0.2) is 59.5 Å². The molecule has 8 nitrogen and oxygen atoms in total. The van der Waals surface area contributed by atoms with Crippen molar-refractivity contribution >= 4 is 21.8 Å². The quantitative estimate of drug-likeness (QED) is 0.396.